The Labute approximate surface area is 93.1 Å². The van der Waals surface area contributed by atoms with Crippen molar-refractivity contribution in [2.24, 2.45) is 0 Å². The fraction of sp³-hybridized carbons (Fsp3) is 0.364. The van der Waals surface area contributed by atoms with E-state index < -0.39 is 0 Å². The molecule has 3 N–H and O–H groups in total. The zero-order valence-corrected chi connectivity index (χ0v) is 9.07. The Kier molecular flexibility index (Phi) is 2.00. The van der Waals surface area contributed by atoms with Gasteiger partial charge in [0.2, 0.25) is 0 Å². The molecule has 0 spiro atoms. The molecule has 1 aliphatic heterocycles. The Morgan fingerprint density at radius 1 is 1.62 bits per heavy atom. The first-order valence-corrected chi connectivity index (χ1v) is 5.38. The number of anilines is 2. The van der Waals surface area contributed by atoms with Crippen LogP contribution in [0.3, 0.4) is 0 Å². The number of aliphatic hydroxyl groups excluding tert-OH is 1. The van der Waals surface area contributed by atoms with Gasteiger partial charge in [-0.15, -0.1) is 0 Å². The van der Waals surface area contributed by atoms with Crippen molar-refractivity contribution in [1.29, 1.82) is 0 Å². The van der Waals surface area contributed by atoms with E-state index in [0.29, 0.717) is 0 Å². The van der Waals surface area contributed by atoms with Crippen molar-refractivity contribution in [3.63, 3.8) is 0 Å². The van der Waals surface area contributed by atoms with E-state index in [2.05, 4.69) is 22.2 Å². The van der Waals surface area contributed by atoms with Crippen molar-refractivity contribution in [3.05, 3.63) is 18.5 Å². The highest BCUT2D eigenvalue weighted by Gasteiger charge is 2.24. The predicted molar refractivity (Wildman–Crippen MR) is 63.6 cm³/mol. The summed E-state index contributed by atoms with van der Waals surface area (Å²) in [4.78, 5) is 9.39. The Balaban J connectivity index is 2.27. The monoisotopic (exact) mass is 218 g/mol. The predicted octanol–water partition coefficient (Wildman–Crippen LogP) is 1.13. The second kappa shape index (κ2) is 3.38. The molecular weight excluding hydrogens is 204 g/mol. The van der Waals surface area contributed by atoms with Crippen molar-refractivity contribution in [3.8, 4) is 0 Å². The fourth-order valence-electron chi connectivity index (χ4n) is 2.23. The molecule has 84 valence electrons. The van der Waals surface area contributed by atoms with Crippen LogP contribution < -0.4 is 10.2 Å². The maximum atomic E-state index is 9.47. The number of hydrogen-bond acceptors (Lipinski definition) is 4. The normalized spacial score (nSPS) is 19.6. The number of fused-ring (bicyclic) bond motifs is 3. The van der Waals surface area contributed by atoms with Gasteiger partial charge in [-0.05, 0) is 13.0 Å². The second-order valence-electron chi connectivity index (χ2n) is 4.10. The summed E-state index contributed by atoms with van der Waals surface area (Å²) in [6, 6.07) is 2.27. The zero-order valence-electron chi connectivity index (χ0n) is 9.07. The Hall–Kier alpha value is -1.75. The van der Waals surface area contributed by atoms with Crippen LogP contribution in [0.25, 0.3) is 11.0 Å². The molecule has 1 atom stereocenters. The van der Waals surface area contributed by atoms with Crippen molar-refractivity contribution in [1.82, 2.24) is 9.97 Å². The second-order valence-corrected chi connectivity index (χ2v) is 4.10. The SMILES string of the molecule is CC1CNc2cnc3[nH]ccc3c2N1CO. The largest absolute Gasteiger partial charge is 0.380 e. The molecule has 0 bridgehead atoms. The molecular formula is C11H14N4O. The van der Waals surface area contributed by atoms with Crippen molar-refractivity contribution in [2.45, 2.75) is 13.0 Å². The summed E-state index contributed by atoms with van der Waals surface area (Å²) in [7, 11) is 0. The minimum atomic E-state index is 0.0279. The number of nitrogens with one attached hydrogen (secondary N) is 2. The first kappa shape index (κ1) is 9.47. The summed E-state index contributed by atoms with van der Waals surface area (Å²) in [5, 5.41) is 13.8. The maximum Gasteiger partial charge on any atom is 0.139 e. The summed E-state index contributed by atoms with van der Waals surface area (Å²) in [6.07, 6.45) is 3.68. The lowest BCUT2D eigenvalue weighted by Crippen LogP contribution is -2.42. The van der Waals surface area contributed by atoms with Gasteiger partial charge in [0.15, 0.2) is 0 Å². The van der Waals surface area contributed by atoms with E-state index in [1.165, 1.54) is 0 Å². The molecule has 16 heavy (non-hydrogen) atoms. The minimum Gasteiger partial charge on any atom is -0.380 e. The number of nitrogens with zero attached hydrogens (tertiary/aromatic N) is 2. The molecule has 3 rings (SSSR count). The Bertz CT molecular complexity index is 522. The lowest BCUT2D eigenvalue weighted by atomic mass is 10.1. The van der Waals surface area contributed by atoms with Crippen LogP contribution in [0.1, 0.15) is 6.92 Å². The highest BCUT2D eigenvalue weighted by molar-refractivity contribution is 5.97. The van der Waals surface area contributed by atoms with Gasteiger partial charge in [-0.2, -0.15) is 0 Å². The molecule has 1 aliphatic rings. The number of H-pyrrole nitrogens is 1. The summed E-state index contributed by atoms with van der Waals surface area (Å²) in [5.74, 6) is 0. The van der Waals surface area contributed by atoms with Crippen LogP contribution in [-0.2, 0) is 0 Å². The summed E-state index contributed by atoms with van der Waals surface area (Å²) in [6.45, 7) is 2.94. The number of aliphatic hydroxyl groups is 1. The Morgan fingerprint density at radius 2 is 2.50 bits per heavy atom. The van der Waals surface area contributed by atoms with Gasteiger partial charge >= 0.3 is 0 Å². The number of rotatable bonds is 1. The van der Waals surface area contributed by atoms with Crippen molar-refractivity contribution >= 4 is 22.4 Å². The number of pyridine rings is 1. The van der Waals surface area contributed by atoms with Crippen LogP contribution in [0.5, 0.6) is 0 Å². The van der Waals surface area contributed by atoms with E-state index in [4.69, 9.17) is 0 Å². The van der Waals surface area contributed by atoms with Gasteiger partial charge < -0.3 is 20.3 Å². The third kappa shape index (κ3) is 1.18. The van der Waals surface area contributed by atoms with Crippen LogP contribution in [0.4, 0.5) is 11.4 Å². The Morgan fingerprint density at radius 3 is 3.31 bits per heavy atom. The van der Waals surface area contributed by atoms with E-state index in [0.717, 1.165) is 29.0 Å². The van der Waals surface area contributed by atoms with E-state index >= 15 is 0 Å². The van der Waals surface area contributed by atoms with Crippen LogP contribution in [0.15, 0.2) is 18.5 Å². The van der Waals surface area contributed by atoms with Gasteiger partial charge in [-0.1, -0.05) is 0 Å². The van der Waals surface area contributed by atoms with Gasteiger partial charge in [-0.25, -0.2) is 4.98 Å². The van der Waals surface area contributed by atoms with Gasteiger partial charge in [0.1, 0.15) is 12.4 Å². The zero-order chi connectivity index (χ0) is 11.1. The molecule has 2 aromatic heterocycles. The van der Waals surface area contributed by atoms with E-state index in [-0.39, 0.29) is 12.8 Å². The standard InChI is InChI=1S/C11H14N4O/c1-7-4-13-9-5-14-11-8(2-3-12-11)10(9)15(7)6-16/h2-3,5,7,13,16H,4,6H2,1H3,(H,12,14). The molecule has 1 unspecified atom stereocenters. The van der Waals surface area contributed by atoms with Crippen LogP contribution in [0, 0.1) is 0 Å². The minimum absolute atomic E-state index is 0.0279. The van der Waals surface area contributed by atoms with Crippen LogP contribution in [-0.4, -0.2) is 34.4 Å². The molecule has 0 aliphatic carbocycles. The first-order chi connectivity index (χ1) is 7.81. The third-order valence-corrected chi connectivity index (χ3v) is 3.12. The third-order valence-electron chi connectivity index (χ3n) is 3.12. The van der Waals surface area contributed by atoms with Gasteiger partial charge in [-0.3, -0.25) is 0 Å². The number of aromatic nitrogens is 2. The lowest BCUT2D eigenvalue weighted by molar-refractivity contribution is 0.280. The quantitative estimate of drug-likeness (QED) is 0.671. The number of hydrogen-bond donors (Lipinski definition) is 3. The average molecular weight is 218 g/mol. The summed E-state index contributed by atoms with van der Waals surface area (Å²) in [5.41, 5.74) is 2.87. The highest BCUT2D eigenvalue weighted by atomic mass is 16.3. The van der Waals surface area contributed by atoms with Crippen molar-refractivity contribution < 1.29 is 5.11 Å². The molecule has 0 radical (unpaired) electrons. The van der Waals surface area contributed by atoms with Gasteiger partial charge in [0.25, 0.3) is 0 Å². The topological polar surface area (TPSA) is 64.2 Å². The van der Waals surface area contributed by atoms with Gasteiger partial charge in [0, 0.05) is 24.2 Å². The summed E-state index contributed by atoms with van der Waals surface area (Å²) >= 11 is 0. The first-order valence-electron chi connectivity index (χ1n) is 5.38. The molecule has 0 saturated carbocycles. The smallest absolute Gasteiger partial charge is 0.139 e. The molecule has 0 saturated heterocycles. The van der Waals surface area contributed by atoms with E-state index in [9.17, 15) is 5.11 Å². The lowest BCUT2D eigenvalue weighted by Gasteiger charge is -2.36. The number of aromatic amines is 1. The molecule has 5 nitrogen and oxygen atoms in total. The molecule has 0 aromatic carbocycles. The molecule has 3 heterocycles. The van der Waals surface area contributed by atoms with Crippen LogP contribution in [0.2, 0.25) is 0 Å². The molecule has 2 aromatic rings. The maximum absolute atomic E-state index is 9.47. The van der Waals surface area contributed by atoms with Crippen LogP contribution >= 0.6 is 0 Å². The molecule has 5 heteroatoms. The summed E-state index contributed by atoms with van der Waals surface area (Å²) < 4.78 is 0. The van der Waals surface area contributed by atoms with Crippen molar-refractivity contribution in [2.75, 3.05) is 23.5 Å². The van der Waals surface area contributed by atoms with E-state index in [1.54, 1.807) is 0 Å². The average Bonchev–Trinajstić information content (AvgIpc) is 2.77. The molecule has 0 amide bonds. The fourth-order valence-corrected chi connectivity index (χ4v) is 2.23. The molecule has 0 fully saturated rings. The van der Waals surface area contributed by atoms with E-state index in [1.807, 2.05) is 23.4 Å². The highest BCUT2D eigenvalue weighted by Crippen LogP contribution is 2.36. The van der Waals surface area contributed by atoms with Gasteiger partial charge in [0.05, 0.1) is 17.6 Å².